The molecule has 0 saturated carbocycles. The Labute approximate surface area is 132 Å². The fraction of sp³-hybridized carbons (Fsp3) is 0.385. The molecule has 4 atom stereocenters. The van der Waals surface area contributed by atoms with Crippen LogP contribution in [-0.2, 0) is 0 Å². The average Bonchev–Trinajstić information content (AvgIpc) is 2.52. The maximum absolute atomic E-state index is 11.8. The van der Waals surface area contributed by atoms with Crippen molar-refractivity contribution < 1.29 is 30.3 Å². The molecule has 1 aromatic rings. The Kier molecular flexibility index (Phi) is 7.45. The Bertz CT molecular complexity index is 527. The van der Waals surface area contributed by atoms with Gasteiger partial charge >= 0.3 is 0 Å². The number of rotatable bonds is 7. The van der Waals surface area contributed by atoms with Crippen LogP contribution >= 0.6 is 12.6 Å². The van der Waals surface area contributed by atoms with E-state index in [1.807, 2.05) is 0 Å². The fourth-order valence-corrected chi connectivity index (χ4v) is 1.79. The van der Waals surface area contributed by atoms with Gasteiger partial charge in [-0.2, -0.15) is 5.10 Å². The first-order valence-corrected chi connectivity index (χ1v) is 6.77. The number of carbonyl (C=O) groups is 1. The van der Waals surface area contributed by atoms with E-state index in [1.54, 1.807) is 18.2 Å². The summed E-state index contributed by atoms with van der Waals surface area (Å²) < 4.78 is 0. The number of carbonyl (C=O) groups excluding carboxylic acids is 1. The van der Waals surface area contributed by atoms with Crippen molar-refractivity contribution in [1.82, 2.24) is 5.43 Å². The number of amides is 1. The van der Waals surface area contributed by atoms with Crippen molar-refractivity contribution >= 4 is 24.8 Å². The van der Waals surface area contributed by atoms with Crippen LogP contribution in [0.2, 0.25) is 0 Å². The van der Waals surface area contributed by atoms with Crippen molar-refractivity contribution in [3.05, 3.63) is 29.8 Å². The summed E-state index contributed by atoms with van der Waals surface area (Å²) in [4.78, 5) is 12.2. The van der Waals surface area contributed by atoms with Crippen LogP contribution in [0.4, 0.5) is 0 Å². The number of benzene rings is 1. The van der Waals surface area contributed by atoms with Crippen LogP contribution in [0, 0.1) is 0 Å². The molecular formula is C13H18N2O6S. The highest BCUT2D eigenvalue weighted by molar-refractivity contribution is 7.80. The van der Waals surface area contributed by atoms with Crippen molar-refractivity contribution in [3.63, 3.8) is 0 Å². The number of hydrogen-bond donors (Lipinski definition) is 7. The summed E-state index contributed by atoms with van der Waals surface area (Å²) in [6, 6.07) is 6.49. The van der Waals surface area contributed by atoms with Gasteiger partial charge in [-0.3, -0.25) is 4.79 Å². The number of nitrogens with zero attached hydrogens (tertiary/aromatic N) is 1. The Hall–Kier alpha value is -1.49. The summed E-state index contributed by atoms with van der Waals surface area (Å²) in [6.07, 6.45) is -6.01. The molecular weight excluding hydrogens is 312 g/mol. The summed E-state index contributed by atoms with van der Waals surface area (Å²) >= 11 is 4.11. The van der Waals surface area contributed by atoms with E-state index in [4.69, 9.17) is 10.2 Å². The zero-order valence-corrected chi connectivity index (χ0v) is 12.3. The quantitative estimate of drug-likeness (QED) is 0.177. The molecule has 0 spiro atoms. The standard InChI is InChI=1S/C13H18N2O6S/c16-6-9(18)12(20)11(19)8(17)5-14-15-13(21)7-3-1-2-4-10(7)22/h1-5,8-9,11-12,16-20,22H,6H2,(H,15,21)/t8-,9+,11+,12-/m0/s1. The van der Waals surface area contributed by atoms with Crippen molar-refractivity contribution in [2.75, 3.05) is 6.61 Å². The second-order valence-corrected chi connectivity index (χ2v) is 4.94. The lowest BCUT2D eigenvalue weighted by Crippen LogP contribution is -2.46. The monoisotopic (exact) mass is 330 g/mol. The largest absolute Gasteiger partial charge is 0.394 e. The van der Waals surface area contributed by atoms with E-state index in [0.717, 1.165) is 6.21 Å². The molecule has 0 aliphatic rings. The summed E-state index contributed by atoms with van der Waals surface area (Å²) in [7, 11) is 0. The molecule has 1 aromatic carbocycles. The lowest BCUT2D eigenvalue weighted by molar-refractivity contribution is -0.0999. The molecule has 9 heteroatoms. The third-order valence-electron chi connectivity index (χ3n) is 2.82. The van der Waals surface area contributed by atoms with Gasteiger partial charge in [-0.05, 0) is 12.1 Å². The van der Waals surface area contributed by atoms with Gasteiger partial charge in [-0.25, -0.2) is 5.43 Å². The molecule has 8 nitrogen and oxygen atoms in total. The predicted molar refractivity (Wildman–Crippen MR) is 80.8 cm³/mol. The number of aliphatic hydroxyl groups is 5. The van der Waals surface area contributed by atoms with Crippen molar-refractivity contribution in [3.8, 4) is 0 Å². The molecule has 0 aliphatic heterocycles. The second kappa shape index (κ2) is 8.83. The lowest BCUT2D eigenvalue weighted by atomic mass is 10.0. The minimum Gasteiger partial charge on any atom is -0.394 e. The number of nitrogens with one attached hydrogen (secondary N) is 1. The van der Waals surface area contributed by atoms with Crippen molar-refractivity contribution in [1.29, 1.82) is 0 Å². The van der Waals surface area contributed by atoms with Crippen LogP contribution in [0.5, 0.6) is 0 Å². The van der Waals surface area contributed by atoms with E-state index in [2.05, 4.69) is 23.2 Å². The first-order chi connectivity index (χ1) is 10.4. The van der Waals surface area contributed by atoms with Gasteiger partial charge in [0.2, 0.25) is 0 Å². The molecule has 6 N–H and O–H groups in total. The van der Waals surface area contributed by atoms with Gasteiger partial charge in [0.25, 0.3) is 5.91 Å². The highest BCUT2D eigenvalue weighted by atomic mass is 32.1. The second-order valence-electron chi connectivity index (χ2n) is 4.46. The molecule has 22 heavy (non-hydrogen) atoms. The van der Waals surface area contributed by atoms with Crippen LogP contribution in [0.1, 0.15) is 10.4 Å². The van der Waals surface area contributed by atoms with Gasteiger partial charge in [0, 0.05) is 4.90 Å². The fourth-order valence-electron chi connectivity index (χ4n) is 1.52. The Morgan fingerprint density at radius 3 is 2.45 bits per heavy atom. The van der Waals surface area contributed by atoms with E-state index >= 15 is 0 Å². The summed E-state index contributed by atoms with van der Waals surface area (Å²) in [5.74, 6) is -0.570. The number of aliphatic hydroxyl groups excluding tert-OH is 5. The van der Waals surface area contributed by atoms with Crippen LogP contribution in [0.25, 0.3) is 0 Å². The molecule has 0 bridgehead atoms. The minimum atomic E-state index is -1.78. The number of thiol groups is 1. The summed E-state index contributed by atoms with van der Waals surface area (Å²) in [5, 5.41) is 49.7. The molecule has 0 heterocycles. The van der Waals surface area contributed by atoms with Gasteiger partial charge < -0.3 is 25.5 Å². The van der Waals surface area contributed by atoms with Gasteiger partial charge in [0.15, 0.2) is 0 Å². The molecule has 0 radical (unpaired) electrons. The number of hydrazone groups is 1. The SMILES string of the molecule is O=C(NN=C[C@H](O)[C@@H](O)[C@@H](O)[C@H](O)CO)c1ccccc1S. The van der Waals surface area contributed by atoms with Crippen molar-refractivity contribution in [2.24, 2.45) is 5.10 Å². The van der Waals surface area contributed by atoms with Gasteiger partial charge in [-0.1, -0.05) is 12.1 Å². The normalized spacial score (nSPS) is 17.0. The molecule has 122 valence electrons. The minimum absolute atomic E-state index is 0.272. The van der Waals surface area contributed by atoms with Crippen LogP contribution in [0.3, 0.4) is 0 Å². The molecule has 0 saturated heterocycles. The van der Waals surface area contributed by atoms with Gasteiger partial charge in [-0.15, -0.1) is 12.6 Å². The zero-order valence-electron chi connectivity index (χ0n) is 11.4. The van der Waals surface area contributed by atoms with Gasteiger partial charge in [0.05, 0.1) is 18.4 Å². The zero-order chi connectivity index (χ0) is 16.7. The first kappa shape index (κ1) is 18.6. The summed E-state index contributed by atoms with van der Waals surface area (Å²) in [5.41, 5.74) is 2.40. The van der Waals surface area contributed by atoms with E-state index in [-0.39, 0.29) is 5.56 Å². The van der Waals surface area contributed by atoms with Crippen LogP contribution in [-0.4, -0.2) is 68.7 Å². The third-order valence-corrected chi connectivity index (χ3v) is 3.21. The maximum atomic E-state index is 11.8. The molecule has 1 rings (SSSR count). The molecule has 0 aliphatic carbocycles. The van der Waals surface area contributed by atoms with E-state index in [9.17, 15) is 20.1 Å². The van der Waals surface area contributed by atoms with Crippen LogP contribution < -0.4 is 5.43 Å². The molecule has 0 fully saturated rings. The summed E-state index contributed by atoms with van der Waals surface area (Å²) in [6.45, 7) is -0.780. The highest BCUT2D eigenvalue weighted by Gasteiger charge is 2.29. The predicted octanol–water partition coefficient (Wildman–Crippen LogP) is -1.87. The highest BCUT2D eigenvalue weighted by Crippen LogP contribution is 2.12. The topological polar surface area (TPSA) is 143 Å². The van der Waals surface area contributed by atoms with E-state index in [1.165, 1.54) is 6.07 Å². The molecule has 0 unspecified atom stereocenters. The lowest BCUT2D eigenvalue weighted by Gasteiger charge is -2.23. The molecule has 0 aromatic heterocycles. The van der Waals surface area contributed by atoms with E-state index in [0.29, 0.717) is 4.90 Å². The molecule has 1 amide bonds. The first-order valence-electron chi connectivity index (χ1n) is 6.33. The Morgan fingerprint density at radius 2 is 1.86 bits per heavy atom. The smallest absolute Gasteiger partial charge is 0.272 e. The Morgan fingerprint density at radius 1 is 1.23 bits per heavy atom. The van der Waals surface area contributed by atoms with Gasteiger partial charge in [0.1, 0.15) is 24.4 Å². The van der Waals surface area contributed by atoms with Crippen LogP contribution in [0.15, 0.2) is 34.3 Å². The number of hydrogen-bond acceptors (Lipinski definition) is 8. The third kappa shape index (κ3) is 5.05. The Balaban J connectivity index is 2.58. The average molecular weight is 330 g/mol. The van der Waals surface area contributed by atoms with E-state index < -0.39 is 36.9 Å². The maximum Gasteiger partial charge on any atom is 0.272 e. The van der Waals surface area contributed by atoms with Crippen molar-refractivity contribution in [2.45, 2.75) is 29.3 Å².